The highest BCUT2D eigenvalue weighted by atomic mass is 16.2. The van der Waals surface area contributed by atoms with E-state index in [1.54, 1.807) is 17.9 Å². The van der Waals surface area contributed by atoms with Crippen LogP contribution < -0.4 is 11.3 Å². The lowest BCUT2D eigenvalue weighted by molar-refractivity contribution is -0.125. The van der Waals surface area contributed by atoms with Crippen LogP contribution in [-0.2, 0) is 11.2 Å². The highest BCUT2D eigenvalue weighted by molar-refractivity contribution is 5.99. The minimum Gasteiger partial charge on any atom is -0.327 e. The Labute approximate surface area is 99.6 Å². The average molecular weight is 233 g/mol. The number of hydrogen-bond acceptors (Lipinski definition) is 3. The van der Waals surface area contributed by atoms with E-state index in [1.165, 1.54) is 0 Å². The zero-order chi connectivity index (χ0) is 12.4. The maximum atomic E-state index is 12.2. The van der Waals surface area contributed by atoms with Crippen LogP contribution in [0.4, 0.5) is 0 Å². The summed E-state index contributed by atoms with van der Waals surface area (Å²) in [5, 5.41) is 0. The van der Waals surface area contributed by atoms with Gasteiger partial charge in [-0.05, 0) is 25.0 Å². The monoisotopic (exact) mass is 233 g/mol. The van der Waals surface area contributed by atoms with E-state index in [9.17, 15) is 9.59 Å². The van der Waals surface area contributed by atoms with E-state index in [2.05, 4.69) is 5.43 Å². The number of hydrazine groups is 1. The maximum Gasteiger partial charge on any atom is 0.256 e. The largest absolute Gasteiger partial charge is 0.327 e. The molecule has 0 spiro atoms. The molecule has 1 aromatic rings. The molecule has 0 saturated heterocycles. The summed E-state index contributed by atoms with van der Waals surface area (Å²) in [5.74, 6) is 4.62. The highest BCUT2D eigenvalue weighted by Gasteiger charge is 2.30. The number of nitrogens with two attached hydrogens (primary N) is 1. The third-order valence-electron chi connectivity index (χ3n) is 3.12. The van der Waals surface area contributed by atoms with Gasteiger partial charge in [-0.3, -0.25) is 15.0 Å². The Balaban J connectivity index is 2.26. The summed E-state index contributed by atoms with van der Waals surface area (Å²) in [6.07, 6.45) is 0.768. The predicted molar refractivity (Wildman–Crippen MR) is 63.0 cm³/mol. The summed E-state index contributed by atoms with van der Waals surface area (Å²) in [6.45, 7) is 2.22. The standard InChI is InChI=1S/C12H15N3O2/c1-8(11(16)14-13)15-7-6-9-4-2-3-5-10(9)12(15)17/h2-5,8H,6-7,13H2,1H3,(H,14,16). The minimum absolute atomic E-state index is 0.108. The molecule has 1 heterocycles. The number of rotatable bonds is 2. The van der Waals surface area contributed by atoms with Crippen molar-refractivity contribution in [3.8, 4) is 0 Å². The molecule has 5 heteroatoms. The van der Waals surface area contributed by atoms with Gasteiger partial charge in [0, 0.05) is 12.1 Å². The summed E-state index contributed by atoms with van der Waals surface area (Å²) in [4.78, 5) is 25.2. The topological polar surface area (TPSA) is 75.4 Å². The highest BCUT2D eigenvalue weighted by Crippen LogP contribution is 2.20. The Hall–Kier alpha value is -1.88. The molecule has 1 aliphatic heterocycles. The number of nitrogens with one attached hydrogen (secondary N) is 1. The number of nitrogens with zero attached hydrogens (tertiary/aromatic N) is 1. The van der Waals surface area contributed by atoms with E-state index >= 15 is 0 Å². The summed E-state index contributed by atoms with van der Waals surface area (Å²) in [6, 6.07) is 6.93. The van der Waals surface area contributed by atoms with Crippen molar-refractivity contribution in [2.45, 2.75) is 19.4 Å². The van der Waals surface area contributed by atoms with Gasteiger partial charge in [-0.2, -0.15) is 0 Å². The average Bonchev–Trinajstić information content (AvgIpc) is 2.38. The van der Waals surface area contributed by atoms with E-state index in [-0.39, 0.29) is 11.8 Å². The number of carbonyl (C=O) groups is 2. The first kappa shape index (κ1) is 11.6. The summed E-state index contributed by atoms with van der Waals surface area (Å²) in [7, 11) is 0. The third-order valence-corrected chi connectivity index (χ3v) is 3.12. The molecule has 3 N–H and O–H groups in total. The molecule has 0 bridgehead atoms. The number of fused-ring (bicyclic) bond motifs is 1. The number of carbonyl (C=O) groups excluding carboxylic acids is 2. The van der Waals surface area contributed by atoms with Crippen molar-refractivity contribution in [2.75, 3.05) is 6.54 Å². The van der Waals surface area contributed by atoms with Crippen LogP contribution in [0.25, 0.3) is 0 Å². The molecule has 17 heavy (non-hydrogen) atoms. The number of hydrogen-bond donors (Lipinski definition) is 2. The van der Waals surface area contributed by atoms with E-state index in [1.807, 2.05) is 18.2 Å². The first-order chi connectivity index (χ1) is 8.15. The van der Waals surface area contributed by atoms with Gasteiger partial charge in [0.05, 0.1) is 0 Å². The van der Waals surface area contributed by atoms with Crippen molar-refractivity contribution in [3.63, 3.8) is 0 Å². The van der Waals surface area contributed by atoms with Crippen molar-refractivity contribution in [3.05, 3.63) is 35.4 Å². The van der Waals surface area contributed by atoms with E-state index < -0.39 is 6.04 Å². The van der Waals surface area contributed by atoms with Gasteiger partial charge >= 0.3 is 0 Å². The predicted octanol–water partition coefficient (Wildman–Crippen LogP) is 0.0633. The maximum absolute atomic E-state index is 12.2. The second-order valence-electron chi connectivity index (χ2n) is 4.09. The number of amides is 2. The quantitative estimate of drug-likeness (QED) is 0.431. The fraction of sp³-hybridized carbons (Fsp3) is 0.333. The lowest BCUT2D eigenvalue weighted by Gasteiger charge is -2.32. The minimum atomic E-state index is -0.541. The molecule has 1 atom stereocenters. The molecule has 2 amide bonds. The second kappa shape index (κ2) is 4.55. The van der Waals surface area contributed by atoms with Crippen molar-refractivity contribution < 1.29 is 9.59 Å². The lowest BCUT2D eigenvalue weighted by atomic mass is 9.98. The smallest absolute Gasteiger partial charge is 0.256 e. The first-order valence-electron chi connectivity index (χ1n) is 5.54. The molecule has 1 aliphatic rings. The normalized spacial score (nSPS) is 16.4. The van der Waals surface area contributed by atoms with Crippen LogP contribution >= 0.6 is 0 Å². The third kappa shape index (κ3) is 2.01. The van der Waals surface area contributed by atoms with Crippen LogP contribution in [0.1, 0.15) is 22.8 Å². The molecular formula is C12H15N3O2. The molecule has 0 aromatic heterocycles. The molecule has 2 rings (SSSR count). The van der Waals surface area contributed by atoms with Gasteiger partial charge in [-0.1, -0.05) is 18.2 Å². The summed E-state index contributed by atoms with van der Waals surface area (Å²) in [5.41, 5.74) is 3.79. The van der Waals surface area contributed by atoms with Gasteiger partial charge in [0.25, 0.3) is 11.8 Å². The zero-order valence-corrected chi connectivity index (χ0v) is 9.64. The SMILES string of the molecule is CC(C(=O)NN)N1CCc2ccccc2C1=O. The van der Waals surface area contributed by atoms with Crippen molar-refractivity contribution in [1.29, 1.82) is 0 Å². The van der Waals surface area contributed by atoms with E-state index in [0.717, 1.165) is 12.0 Å². The van der Waals surface area contributed by atoms with Crippen molar-refractivity contribution >= 4 is 11.8 Å². The Morgan fingerprint density at radius 1 is 1.47 bits per heavy atom. The summed E-state index contributed by atoms with van der Waals surface area (Å²) < 4.78 is 0. The first-order valence-corrected chi connectivity index (χ1v) is 5.54. The molecule has 0 radical (unpaired) electrons. The van der Waals surface area contributed by atoms with E-state index in [0.29, 0.717) is 12.1 Å². The van der Waals surface area contributed by atoms with Gasteiger partial charge < -0.3 is 4.90 Å². The van der Waals surface area contributed by atoms with Gasteiger partial charge in [-0.25, -0.2) is 5.84 Å². The summed E-state index contributed by atoms with van der Waals surface area (Å²) >= 11 is 0. The van der Waals surface area contributed by atoms with E-state index in [4.69, 9.17) is 5.84 Å². The Morgan fingerprint density at radius 3 is 2.88 bits per heavy atom. The Bertz CT molecular complexity index is 459. The van der Waals surface area contributed by atoms with Gasteiger partial charge in [0.15, 0.2) is 0 Å². The molecule has 90 valence electrons. The van der Waals surface area contributed by atoms with Crippen LogP contribution in [0.3, 0.4) is 0 Å². The Kier molecular flexibility index (Phi) is 3.10. The van der Waals surface area contributed by atoms with Crippen LogP contribution in [-0.4, -0.2) is 29.3 Å². The molecule has 0 fully saturated rings. The van der Waals surface area contributed by atoms with Gasteiger partial charge in [0.1, 0.15) is 6.04 Å². The fourth-order valence-electron chi connectivity index (χ4n) is 2.08. The van der Waals surface area contributed by atoms with Gasteiger partial charge in [-0.15, -0.1) is 0 Å². The molecular weight excluding hydrogens is 218 g/mol. The number of benzene rings is 1. The van der Waals surface area contributed by atoms with Crippen LogP contribution in [0.15, 0.2) is 24.3 Å². The fourth-order valence-corrected chi connectivity index (χ4v) is 2.08. The molecule has 1 aromatic carbocycles. The van der Waals surface area contributed by atoms with Crippen LogP contribution in [0, 0.1) is 0 Å². The molecule has 1 unspecified atom stereocenters. The Morgan fingerprint density at radius 2 is 2.18 bits per heavy atom. The zero-order valence-electron chi connectivity index (χ0n) is 9.64. The van der Waals surface area contributed by atoms with Crippen LogP contribution in [0.2, 0.25) is 0 Å². The molecule has 0 saturated carbocycles. The lowest BCUT2D eigenvalue weighted by Crippen LogP contribution is -2.52. The molecule has 0 aliphatic carbocycles. The molecule has 5 nitrogen and oxygen atoms in total. The van der Waals surface area contributed by atoms with Crippen LogP contribution in [0.5, 0.6) is 0 Å². The van der Waals surface area contributed by atoms with Crippen molar-refractivity contribution in [1.82, 2.24) is 10.3 Å². The second-order valence-corrected chi connectivity index (χ2v) is 4.09. The van der Waals surface area contributed by atoms with Gasteiger partial charge in [0.2, 0.25) is 0 Å². The van der Waals surface area contributed by atoms with Crippen molar-refractivity contribution in [2.24, 2.45) is 5.84 Å².